The number of hydrogen-bond donors (Lipinski definition) is 0. The van der Waals surface area contributed by atoms with Gasteiger partial charge >= 0.3 is 0 Å². The third kappa shape index (κ3) is 1.85. The standard InChI is InChI=1S/C6H6O2S/c7-6(8)5-9-3-1-2-4-9/h1-4H,5H2. The zero-order valence-electron chi connectivity index (χ0n) is 4.74. The third-order valence-electron chi connectivity index (χ3n) is 0.902. The zero-order chi connectivity index (χ0) is 6.69. The van der Waals surface area contributed by atoms with Gasteiger partial charge in [-0.3, -0.25) is 0 Å². The normalized spacial score (nSPS) is 9.33. The molecule has 0 radical (unpaired) electrons. The third-order valence-corrected chi connectivity index (χ3v) is 2.48. The van der Waals surface area contributed by atoms with E-state index in [-0.39, 0.29) is 16.2 Å². The van der Waals surface area contributed by atoms with Crippen LogP contribution in [-0.2, 0) is 10.5 Å². The molecule has 48 valence electrons. The zero-order valence-corrected chi connectivity index (χ0v) is 5.56. The van der Waals surface area contributed by atoms with Gasteiger partial charge in [-0.05, 0) is 22.6 Å². The first-order valence-electron chi connectivity index (χ1n) is 2.52. The van der Waals surface area contributed by atoms with Crippen LogP contribution >= 0.6 is 10.5 Å². The van der Waals surface area contributed by atoms with E-state index in [9.17, 15) is 9.90 Å². The van der Waals surface area contributed by atoms with Crippen molar-refractivity contribution in [2.45, 2.75) is 5.75 Å². The summed E-state index contributed by atoms with van der Waals surface area (Å²) in [5.41, 5.74) is 0. The van der Waals surface area contributed by atoms with E-state index in [1.54, 1.807) is 0 Å². The molecule has 0 aliphatic carbocycles. The van der Waals surface area contributed by atoms with Gasteiger partial charge in [0.25, 0.3) is 0 Å². The molecule has 0 N–H and O–H groups in total. The number of carboxylic acids is 1. The maximum absolute atomic E-state index is 9.98. The van der Waals surface area contributed by atoms with Gasteiger partial charge in [0, 0.05) is 0 Å². The largest absolute Gasteiger partial charge is 0.545 e. The molecule has 1 aromatic rings. The molecule has 3 heteroatoms. The summed E-state index contributed by atoms with van der Waals surface area (Å²) in [5, 5.41) is 13.7. The Bertz CT molecular complexity index is 191. The van der Waals surface area contributed by atoms with Gasteiger partial charge in [-0.15, -0.1) is 0 Å². The monoisotopic (exact) mass is 142 g/mol. The van der Waals surface area contributed by atoms with Crippen LogP contribution in [0.5, 0.6) is 0 Å². The van der Waals surface area contributed by atoms with Gasteiger partial charge in [0.05, 0.1) is 5.97 Å². The van der Waals surface area contributed by atoms with E-state index in [0.29, 0.717) is 0 Å². The molecule has 0 saturated carbocycles. The molecule has 0 spiro atoms. The van der Waals surface area contributed by atoms with E-state index in [2.05, 4.69) is 0 Å². The van der Waals surface area contributed by atoms with Crippen LogP contribution in [0.2, 0.25) is 0 Å². The molecule has 2 nitrogen and oxygen atoms in total. The van der Waals surface area contributed by atoms with Crippen molar-refractivity contribution in [1.82, 2.24) is 0 Å². The Morgan fingerprint density at radius 1 is 1.44 bits per heavy atom. The average molecular weight is 142 g/mol. The van der Waals surface area contributed by atoms with Crippen molar-refractivity contribution in [2.75, 3.05) is 0 Å². The smallest absolute Gasteiger partial charge is 0.166 e. The van der Waals surface area contributed by atoms with Gasteiger partial charge in [0.1, 0.15) is 10.8 Å². The van der Waals surface area contributed by atoms with Crippen molar-refractivity contribution >= 4 is 16.4 Å². The fraction of sp³-hybridized carbons (Fsp3) is 0.167. The predicted molar refractivity (Wildman–Crippen MR) is 33.9 cm³/mol. The highest BCUT2D eigenvalue weighted by atomic mass is 32.2. The predicted octanol–water partition coefficient (Wildman–Crippen LogP) is 0.186. The molecule has 9 heavy (non-hydrogen) atoms. The van der Waals surface area contributed by atoms with Gasteiger partial charge in [-0.2, -0.15) is 0 Å². The Morgan fingerprint density at radius 2 is 2.00 bits per heavy atom. The van der Waals surface area contributed by atoms with E-state index in [0.717, 1.165) is 0 Å². The highest BCUT2D eigenvalue weighted by Gasteiger charge is 1.99. The Morgan fingerprint density at radius 3 is 2.44 bits per heavy atom. The lowest BCUT2D eigenvalue weighted by Gasteiger charge is -1.88. The second-order valence-electron chi connectivity index (χ2n) is 1.64. The molecule has 0 bridgehead atoms. The maximum Gasteiger partial charge on any atom is 0.166 e. The van der Waals surface area contributed by atoms with Crippen molar-refractivity contribution in [3.05, 3.63) is 22.9 Å². The average Bonchev–Trinajstić information content (AvgIpc) is 2.15. The Balaban J connectivity index is 2.58. The quantitative estimate of drug-likeness (QED) is 0.553. The van der Waals surface area contributed by atoms with Gasteiger partial charge in [0.15, 0.2) is 5.75 Å². The maximum atomic E-state index is 9.98. The van der Waals surface area contributed by atoms with Crippen LogP contribution in [0.15, 0.2) is 22.9 Å². The number of carbonyl (C=O) groups excluding carboxylic acids is 1. The number of hydrogen-bond acceptors (Lipinski definition) is 2. The highest BCUT2D eigenvalue weighted by molar-refractivity contribution is 7.28. The Labute approximate surface area is 55.7 Å². The van der Waals surface area contributed by atoms with Crippen molar-refractivity contribution in [2.24, 2.45) is 0 Å². The van der Waals surface area contributed by atoms with Crippen LogP contribution in [0.3, 0.4) is 0 Å². The molecule has 0 amide bonds. The minimum absolute atomic E-state index is 0.132. The fourth-order valence-electron chi connectivity index (χ4n) is 0.570. The summed E-state index contributed by atoms with van der Waals surface area (Å²) in [6.45, 7) is 0. The lowest BCUT2D eigenvalue weighted by molar-refractivity contribution is -0.303. The highest BCUT2D eigenvalue weighted by Crippen LogP contribution is 2.16. The van der Waals surface area contributed by atoms with Gasteiger partial charge in [-0.25, -0.2) is 0 Å². The van der Waals surface area contributed by atoms with E-state index < -0.39 is 5.97 Å². The molecule has 0 atom stereocenters. The summed E-state index contributed by atoms with van der Waals surface area (Å²) in [5.74, 6) is -0.845. The minimum atomic E-state index is -0.977. The molecule has 0 aliphatic heterocycles. The van der Waals surface area contributed by atoms with Gasteiger partial charge in [0.2, 0.25) is 0 Å². The number of rotatable bonds is 2. The summed E-state index contributed by atoms with van der Waals surface area (Å²) < 4.78 is 0. The van der Waals surface area contributed by atoms with Crippen LogP contribution in [0.4, 0.5) is 0 Å². The first kappa shape index (κ1) is 6.29. The van der Waals surface area contributed by atoms with E-state index >= 15 is 0 Å². The summed E-state index contributed by atoms with van der Waals surface area (Å²) in [4.78, 5) is 9.98. The molecule has 1 rings (SSSR count). The van der Waals surface area contributed by atoms with E-state index in [4.69, 9.17) is 0 Å². The fourth-order valence-corrected chi connectivity index (χ4v) is 1.71. The van der Waals surface area contributed by atoms with Crippen LogP contribution in [-0.4, -0.2) is 5.97 Å². The summed E-state index contributed by atoms with van der Waals surface area (Å²) in [6.07, 6.45) is 0. The Hall–Kier alpha value is -0.830. The molecule has 1 aromatic heterocycles. The summed E-state index contributed by atoms with van der Waals surface area (Å²) in [6, 6.07) is 3.71. The lowest BCUT2D eigenvalue weighted by Crippen LogP contribution is -2.22. The van der Waals surface area contributed by atoms with E-state index in [1.165, 1.54) is 0 Å². The van der Waals surface area contributed by atoms with Crippen LogP contribution in [0, 0.1) is 0 Å². The van der Waals surface area contributed by atoms with Crippen molar-refractivity contribution in [3.8, 4) is 0 Å². The van der Waals surface area contributed by atoms with Crippen molar-refractivity contribution in [3.63, 3.8) is 0 Å². The number of thiophene rings is 1. The second-order valence-corrected chi connectivity index (χ2v) is 3.41. The lowest BCUT2D eigenvalue weighted by atomic mass is 10.7. The van der Waals surface area contributed by atoms with Crippen LogP contribution in [0.25, 0.3) is 0 Å². The van der Waals surface area contributed by atoms with Crippen molar-refractivity contribution in [1.29, 1.82) is 0 Å². The van der Waals surface area contributed by atoms with E-state index in [1.807, 2.05) is 22.9 Å². The number of carbonyl (C=O) groups is 1. The second kappa shape index (κ2) is 2.64. The SMILES string of the molecule is O=C([O-])C[s+]1cccc1. The molecular formula is C6H6O2S. The number of carboxylic acid groups (broad SMARTS) is 1. The first-order valence-corrected chi connectivity index (χ1v) is 4.04. The van der Waals surface area contributed by atoms with Gasteiger partial charge in [-0.1, -0.05) is 0 Å². The first-order chi connectivity index (χ1) is 4.29. The molecule has 0 aromatic carbocycles. The molecular weight excluding hydrogens is 136 g/mol. The topological polar surface area (TPSA) is 40.1 Å². The molecule has 0 unspecified atom stereocenters. The molecule has 1 heterocycles. The minimum Gasteiger partial charge on any atom is -0.545 e. The molecule has 0 aliphatic rings. The summed E-state index contributed by atoms with van der Waals surface area (Å²) in [7, 11) is -0.181. The van der Waals surface area contributed by atoms with Crippen LogP contribution < -0.4 is 5.11 Å². The Kier molecular flexibility index (Phi) is 1.85. The molecule has 0 fully saturated rings. The molecule has 0 saturated heterocycles. The van der Waals surface area contributed by atoms with Crippen LogP contribution in [0.1, 0.15) is 0 Å². The van der Waals surface area contributed by atoms with Gasteiger partial charge < -0.3 is 9.90 Å². The van der Waals surface area contributed by atoms with Crippen molar-refractivity contribution < 1.29 is 9.90 Å². The number of aliphatic carboxylic acids is 1. The summed E-state index contributed by atoms with van der Waals surface area (Å²) >= 11 is 0.